The summed E-state index contributed by atoms with van der Waals surface area (Å²) >= 11 is 1.54. The zero-order valence-electron chi connectivity index (χ0n) is 13.4. The molecule has 1 amide bonds. The van der Waals surface area contributed by atoms with E-state index in [1.54, 1.807) is 11.5 Å². The molecular formula is C17H19N3O2S. The highest BCUT2D eigenvalue weighted by atomic mass is 32.2. The van der Waals surface area contributed by atoms with Crippen LogP contribution in [0.25, 0.3) is 0 Å². The zero-order valence-corrected chi connectivity index (χ0v) is 14.2. The second-order valence-corrected chi connectivity index (χ2v) is 6.85. The summed E-state index contributed by atoms with van der Waals surface area (Å²) in [6.07, 6.45) is 0.276. The largest absolute Gasteiger partial charge is 0.326 e. The van der Waals surface area contributed by atoms with Crippen LogP contribution in [0.3, 0.4) is 0 Å². The van der Waals surface area contributed by atoms with E-state index in [0.29, 0.717) is 16.5 Å². The monoisotopic (exact) mass is 329 g/mol. The highest BCUT2D eigenvalue weighted by molar-refractivity contribution is 7.99. The Morgan fingerprint density at radius 1 is 1.39 bits per heavy atom. The fourth-order valence-electron chi connectivity index (χ4n) is 2.67. The van der Waals surface area contributed by atoms with Crippen LogP contribution < -0.4 is 10.9 Å². The topological polar surface area (TPSA) is 64.0 Å². The van der Waals surface area contributed by atoms with Crippen LogP contribution in [0.15, 0.2) is 34.2 Å². The van der Waals surface area contributed by atoms with Gasteiger partial charge < -0.3 is 5.32 Å². The van der Waals surface area contributed by atoms with Crippen LogP contribution in [0, 0.1) is 20.8 Å². The first-order chi connectivity index (χ1) is 11.0. The normalized spacial score (nSPS) is 16.2. The molecule has 0 aliphatic carbocycles. The Kier molecular flexibility index (Phi) is 4.26. The van der Waals surface area contributed by atoms with Gasteiger partial charge >= 0.3 is 0 Å². The maximum atomic E-state index is 12.5. The first kappa shape index (κ1) is 15.8. The van der Waals surface area contributed by atoms with E-state index < -0.39 is 0 Å². The number of hydrogen-bond donors (Lipinski definition) is 1. The summed E-state index contributed by atoms with van der Waals surface area (Å²) in [4.78, 5) is 29.2. The number of fused-ring (bicyclic) bond motifs is 1. The molecule has 23 heavy (non-hydrogen) atoms. The number of amides is 1. The van der Waals surface area contributed by atoms with Crippen molar-refractivity contribution in [1.29, 1.82) is 0 Å². The van der Waals surface area contributed by atoms with E-state index in [9.17, 15) is 9.59 Å². The number of aryl methyl sites for hydroxylation is 2. The van der Waals surface area contributed by atoms with Gasteiger partial charge in [-0.15, -0.1) is 0 Å². The Labute approximate surface area is 139 Å². The lowest BCUT2D eigenvalue weighted by molar-refractivity contribution is -0.116. The summed E-state index contributed by atoms with van der Waals surface area (Å²) in [5, 5.41) is 3.62. The standard InChI is InChI=1S/C17H19N3O2S/c1-10-5-4-6-13(7-10)19-15(21)8-14-9-23-17-18-12(3)11(2)16(22)20(14)17/h4-7,14H,8-9H2,1-3H3,(H,19,21). The number of rotatable bonds is 3. The SMILES string of the molecule is Cc1cccc(NC(=O)CC2CSc3nc(C)c(C)c(=O)n32)c1. The first-order valence-corrected chi connectivity index (χ1v) is 8.53. The number of nitrogens with zero attached hydrogens (tertiary/aromatic N) is 2. The molecule has 5 nitrogen and oxygen atoms in total. The van der Waals surface area contributed by atoms with Gasteiger partial charge in [0.05, 0.1) is 6.04 Å². The maximum absolute atomic E-state index is 12.5. The van der Waals surface area contributed by atoms with Gasteiger partial charge in [-0.25, -0.2) is 4.98 Å². The Hall–Kier alpha value is -2.08. The van der Waals surface area contributed by atoms with Gasteiger partial charge in [-0.1, -0.05) is 23.9 Å². The zero-order chi connectivity index (χ0) is 16.6. The van der Waals surface area contributed by atoms with Crippen molar-refractivity contribution in [2.45, 2.75) is 38.4 Å². The van der Waals surface area contributed by atoms with Gasteiger partial charge in [-0.05, 0) is 38.5 Å². The van der Waals surface area contributed by atoms with Crippen molar-refractivity contribution in [3.05, 3.63) is 51.4 Å². The Morgan fingerprint density at radius 2 is 2.17 bits per heavy atom. The lowest BCUT2D eigenvalue weighted by Gasteiger charge is -2.14. The number of carbonyl (C=O) groups is 1. The minimum atomic E-state index is -0.140. The summed E-state index contributed by atoms with van der Waals surface area (Å²) in [7, 11) is 0. The number of thioether (sulfide) groups is 1. The summed E-state index contributed by atoms with van der Waals surface area (Å²) in [5.41, 5.74) is 3.26. The molecule has 0 radical (unpaired) electrons. The van der Waals surface area contributed by atoms with Gasteiger partial charge in [0.2, 0.25) is 5.91 Å². The van der Waals surface area contributed by atoms with Crippen molar-refractivity contribution in [2.75, 3.05) is 11.1 Å². The molecular weight excluding hydrogens is 310 g/mol. The number of aromatic nitrogens is 2. The van der Waals surface area contributed by atoms with Gasteiger partial charge in [0.15, 0.2) is 5.16 Å². The summed E-state index contributed by atoms with van der Waals surface area (Å²) in [6, 6.07) is 7.54. The molecule has 1 N–H and O–H groups in total. The summed E-state index contributed by atoms with van der Waals surface area (Å²) in [6.45, 7) is 5.61. The van der Waals surface area contributed by atoms with Crippen molar-refractivity contribution in [3.8, 4) is 0 Å². The Morgan fingerprint density at radius 3 is 2.91 bits per heavy atom. The van der Waals surface area contributed by atoms with Gasteiger partial charge in [-0.3, -0.25) is 14.2 Å². The molecule has 0 bridgehead atoms. The first-order valence-electron chi connectivity index (χ1n) is 7.55. The molecule has 3 rings (SSSR count). The van der Waals surface area contributed by atoms with E-state index in [-0.39, 0.29) is 23.9 Å². The van der Waals surface area contributed by atoms with Crippen LogP contribution in [0.5, 0.6) is 0 Å². The fraction of sp³-hybridized carbons (Fsp3) is 0.353. The second-order valence-electron chi connectivity index (χ2n) is 5.87. The molecule has 2 heterocycles. The van der Waals surface area contributed by atoms with Crippen LogP contribution in [-0.2, 0) is 4.79 Å². The molecule has 0 fully saturated rings. The van der Waals surface area contributed by atoms with Crippen LogP contribution >= 0.6 is 11.8 Å². The average molecular weight is 329 g/mol. The van der Waals surface area contributed by atoms with Crippen molar-refractivity contribution >= 4 is 23.4 Å². The Balaban J connectivity index is 1.77. The van der Waals surface area contributed by atoms with E-state index in [0.717, 1.165) is 16.9 Å². The van der Waals surface area contributed by atoms with E-state index in [2.05, 4.69) is 10.3 Å². The van der Waals surface area contributed by atoms with Crippen molar-refractivity contribution < 1.29 is 4.79 Å². The van der Waals surface area contributed by atoms with Gasteiger partial charge in [0.25, 0.3) is 5.56 Å². The molecule has 0 saturated heterocycles. The third-order valence-corrected chi connectivity index (χ3v) is 5.14. The lowest BCUT2D eigenvalue weighted by atomic mass is 10.2. The third-order valence-electron chi connectivity index (χ3n) is 4.04. The fourth-order valence-corrected chi connectivity index (χ4v) is 3.85. The highest BCUT2D eigenvalue weighted by Crippen LogP contribution is 2.32. The number of carbonyl (C=O) groups excluding carboxylic acids is 1. The van der Waals surface area contributed by atoms with Crippen molar-refractivity contribution in [2.24, 2.45) is 0 Å². The lowest BCUT2D eigenvalue weighted by Crippen LogP contribution is -2.29. The molecule has 1 aromatic carbocycles. The Bertz CT molecular complexity index is 829. The molecule has 1 aromatic heterocycles. The molecule has 1 unspecified atom stereocenters. The second kappa shape index (κ2) is 6.20. The van der Waals surface area contributed by atoms with Crippen LogP contribution in [-0.4, -0.2) is 21.2 Å². The van der Waals surface area contributed by atoms with E-state index >= 15 is 0 Å². The summed E-state index contributed by atoms with van der Waals surface area (Å²) in [5.74, 6) is 0.617. The number of benzene rings is 1. The van der Waals surface area contributed by atoms with Gasteiger partial charge in [0.1, 0.15) is 0 Å². The van der Waals surface area contributed by atoms with Crippen LogP contribution in [0.1, 0.15) is 29.3 Å². The van der Waals surface area contributed by atoms with E-state index in [1.165, 1.54) is 11.8 Å². The number of anilines is 1. The predicted octanol–water partition coefficient (Wildman–Crippen LogP) is 2.84. The minimum absolute atomic E-state index is 0.0362. The van der Waals surface area contributed by atoms with Crippen molar-refractivity contribution in [1.82, 2.24) is 9.55 Å². The molecule has 0 spiro atoms. The number of nitrogens with one attached hydrogen (secondary N) is 1. The molecule has 1 aliphatic heterocycles. The van der Waals surface area contributed by atoms with Gasteiger partial charge in [0, 0.05) is 29.1 Å². The van der Waals surface area contributed by atoms with E-state index in [4.69, 9.17) is 0 Å². The summed E-state index contributed by atoms with van der Waals surface area (Å²) < 4.78 is 1.67. The quantitative estimate of drug-likeness (QED) is 0.880. The molecule has 1 atom stereocenters. The molecule has 1 aliphatic rings. The van der Waals surface area contributed by atoms with E-state index in [1.807, 2.05) is 38.1 Å². The van der Waals surface area contributed by atoms with Gasteiger partial charge in [-0.2, -0.15) is 0 Å². The molecule has 6 heteroatoms. The molecule has 2 aromatic rings. The molecule has 0 saturated carbocycles. The smallest absolute Gasteiger partial charge is 0.257 e. The van der Waals surface area contributed by atoms with Crippen LogP contribution in [0.4, 0.5) is 5.69 Å². The van der Waals surface area contributed by atoms with Crippen molar-refractivity contribution in [3.63, 3.8) is 0 Å². The number of hydrogen-bond acceptors (Lipinski definition) is 4. The average Bonchev–Trinajstić information content (AvgIpc) is 2.87. The third kappa shape index (κ3) is 3.17. The highest BCUT2D eigenvalue weighted by Gasteiger charge is 2.28. The predicted molar refractivity (Wildman–Crippen MR) is 92.2 cm³/mol. The van der Waals surface area contributed by atoms with Crippen LogP contribution in [0.2, 0.25) is 0 Å². The maximum Gasteiger partial charge on any atom is 0.257 e. The minimum Gasteiger partial charge on any atom is -0.326 e. The molecule has 120 valence electrons.